The van der Waals surface area contributed by atoms with Crippen LogP contribution in [0.3, 0.4) is 0 Å². The quantitative estimate of drug-likeness (QED) is 0.740. The second kappa shape index (κ2) is 7.28. The number of rotatable bonds is 4. The molecule has 1 atom stereocenters. The molecule has 6 heteroatoms. The molecule has 1 N–H and O–H groups in total. The maximum absolute atomic E-state index is 12.9. The number of nitrogens with zero attached hydrogens (tertiary/aromatic N) is 2. The molecule has 2 saturated heterocycles. The van der Waals surface area contributed by atoms with Gasteiger partial charge in [0.05, 0.1) is 25.8 Å². The van der Waals surface area contributed by atoms with Crippen molar-refractivity contribution in [3.8, 4) is 0 Å². The zero-order valence-corrected chi connectivity index (χ0v) is 16.6. The van der Waals surface area contributed by atoms with Gasteiger partial charge in [-0.25, -0.2) is 0 Å². The summed E-state index contributed by atoms with van der Waals surface area (Å²) < 4.78 is 12.3. The van der Waals surface area contributed by atoms with E-state index in [0.29, 0.717) is 32.0 Å². The Morgan fingerprint density at radius 1 is 1.34 bits per heavy atom. The van der Waals surface area contributed by atoms with Crippen LogP contribution in [0.4, 0.5) is 0 Å². The summed E-state index contributed by atoms with van der Waals surface area (Å²) in [5.41, 5.74) is 3.67. The molecular formula is C23H25N3O3. The third-order valence-electron chi connectivity index (χ3n) is 6.08. The molecule has 0 aliphatic carbocycles. The summed E-state index contributed by atoms with van der Waals surface area (Å²) in [4.78, 5) is 22.1. The number of carbonyl (C=O) groups is 1. The van der Waals surface area contributed by atoms with Gasteiger partial charge in [0, 0.05) is 36.3 Å². The zero-order chi connectivity index (χ0) is 19.8. The number of aromatic nitrogens is 2. The van der Waals surface area contributed by atoms with Crippen molar-refractivity contribution in [2.24, 2.45) is 0 Å². The normalized spacial score (nSPS) is 20.7. The van der Waals surface area contributed by atoms with Gasteiger partial charge in [-0.15, -0.1) is 0 Å². The van der Waals surface area contributed by atoms with Gasteiger partial charge in [-0.2, -0.15) is 0 Å². The highest BCUT2D eigenvalue weighted by atomic mass is 16.5. The van der Waals surface area contributed by atoms with Crippen LogP contribution in [-0.4, -0.2) is 52.2 Å². The Morgan fingerprint density at radius 3 is 3.03 bits per heavy atom. The summed E-state index contributed by atoms with van der Waals surface area (Å²) in [6, 6.07) is 11.9. The second-order valence-corrected chi connectivity index (χ2v) is 8.19. The number of likely N-dealkylation sites (tertiary alicyclic amines) is 1. The van der Waals surface area contributed by atoms with Gasteiger partial charge >= 0.3 is 0 Å². The molecule has 0 radical (unpaired) electrons. The number of benzene rings is 1. The molecule has 1 spiro atoms. The van der Waals surface area contributed by atoms with Crippen molar-refractivity contribution in [3.05, 3.63) is 65.6 Å². The van der Waals surface area contributed by atoms with E-state index in [1.165, 1.54) is 5.56 Å². The van der Waals surface area contributed by atoms with Crippen LogP contribution in [0.1, 0.15) is 34.5 Å². The fourth-order valence-electron chi connectivity index (χ4n) is 4.35. The summed E-state index contributed by atoms with van der Waals surface area (Å²) in [6.07, 6.45) is 5.53. The maximum Gasteiger partial charge on any atom is 0.270 e. The Morgan fingerprint density at radius 2 is 2.21 bits per heavy atom. The Hall–Kier alpha value is -2.70. The number of nitrogens with one attached hydrogen (secondary N) is 1. The van der Waals surface area contributed by atoms with Crippen molar-refractivity contribution >= 4 is 16.8 Å². The van der Waals surface area contributed by atoms with Gasteiger partial charge in [0.1, 0.15) is 11.3 Å². The molecule has 3 aromatic rings. The van der Waals surface area contributed by atoms with Crippen LogP contribution in [-0.2, 0) is 16.1 Å². The topological polar surface area (TPSA) is 67.5 Å². The molecule has 5 rings (SSSR count). The smallest absolute Gasteiger partial charge is 0.270 e. The summed E-state index contributed by atoms with van der Waals surface area (Å²) in [5, 5.41) is 1.05. The highest BCUT2D eigenvalue weighted by Gasteiger charge is 2.49. The molecule has 29 heavy (non-hydrogen) atoms. The molecule has 2 aliphatic rings. The van der Waals surface area contributed by atoms with E-state index in [1.807, 2.05) is 47.5 Å². The molecule has 1 amide bonds. The number of aryl methyl sites for hydroxylation is 1. The summed E-state index contributed by atoms with van der Waals surface area (Å²) in [7, 11) is 0. The predicted molar refractivity (Wildman–Crippen MR) is 110 cm³/mol. The van der Waals surface area contributed by atoms with Gasteiger partial charge < -0.3 is 19.4 Å². The van der Waals surface area contributed by atoms with Gasteiger partial charge in [-0.3, -0.25) is 9.78 Å². The summed E-state index contributed by atoms with van der Waals surface area (Å²) in [6.45, 7) is 4.55. The maximum atomic E-state index is 12.9. The molecule has 2 aromatic heterocycles. The molecule has 0 bridgehead atoms. The van der Waals surface area contributed by atoms with Crippen LogP contribution in [0.5, 0.6) is 0 Å². The van der Waals surface area contributed by atoms with Crippen molar-refractivity contribution in [1.29, 1.82) is 0 Å². The average molecular weight is 391 g/mol. The van der Waals surface area contributed by atoms with E-state index in [4.69, 9.17) is 9.47 Å². The van der Waals surface area contributed by atoms with E-state index < -0.39 is 0 Å². The van der Waals surface area contributed by atoms with Gasteiger partial charge in [0.25, 0.3) is 5.91 Å². The lowest BCUT2D eigenvalue weighted by molar-refractivity contribution is -0.188. The van der Waals surface area contributed by atoms with E-state index in [1.54, 1.807) is 6.20 Å². The minimum atomic E-state index is -0.269. The number of hydrogen-bond acceptors (Lipinski definition) is 4. The van der Waals surface area contributed by atoms with Crippen molar-refractivity contribution in [2.45, 2.75) is 38.1 Å². The largest absolute Gasteiger partial charge is 0.373 e. The molecule has 2 aliphatic heterocycles. The van der Waals surface area contributed by atoms with Crippen LogP contribution in [0.2, 0.25) is 0 Å². The standard InChI is InChI=1S/C23H25N3O3/c1-16-6-8-24-12-18(16)13-28-19-7-9-29-23(11-19)14-26(15-23)22(27)21-10-17-4-2-3-5-20(17)25-21/h2-6,8,10,12,19,25H,7,9,11,13-15H2,1H3/t19-/m1/s1. The van der Waals surface area contributed by atoms with E-state index in [9.17, 15) is 4.79 Å². The number of fused-ring (bicyclic) bond motifs is 1. The number of hydrogen-bond donors (Lipinski definition) is 1. The number of H-pyrrole nitrogens is 1. The molecular weight excluding hydrogens is 366 g/mol. The van der Waals surface area contributed by atoms with Crippen molar-refractivity contribution in [1.82, 2.24) is 14.9 Å². The predicted octanol–water partition coefficient (Wildman–Crippen LogP) is 3.46. The van der Waals surface area contributed by atoms with Crippen molar-refractivity contribution < 1.29 is 14.3 Å². The van der Waals surface area contributed by atoms with Crippen LogP contribution in [0.25, 0.3) is 10.9 Å². The Labute approximate surface area is 169 Å². The summed E-state index contributed by atoms with van der Waals surface area (Å²) >= 11 is 0. The zero-order valence-electron chi connectivity index (χ0n) is 16.6. The van der Waals surface area contributed by atoms with Crippen LogP contribution >= 0.6 is 0 Å². The van der Waals surface area contributed by atoms with Crippen molar-refractivity contribution in [2.75, 3.05) is 19.7 Å². The molecule has 150 valence electrons. The molecule has 2 fully saturated rings. The van der Waals surface area contributed by atoms with Crippen LogP contribution in [0, 0.1) is 6.92 Å². The first-order chi connectivity index (χ1) is 14.1. The first-order valence-electron chi connectivity index (χ1n) is 10.1. The number of para-hydroxylation sites is 1. The molecule has 4 heterocycles. The fourth-order valence-corrected chi connectivity index (χ4v) is 4.35. The monoisotopic (exact) mass is 391 g/mol. The highest BCUT2D eigenvalue weighted by Crippen LogP contribution is 2.36. The molecule has 0 saturated carbocycles. The van der Waals surface area contributed by atoms with E-state index in [-0.39, 0.29) is 17.6 Å². The van der Waals surface area contributed by atoms with E-state index >= 15 is 0 Å². The lowest BCUT2D eigenvalue weighted by Crippen LogP contribution is -2.67. The first-order valence-corrected chi connectivity index (χ1v) is 10.1. The summed E-state index contributed by atoms with van der Waals surface area (Å²) in [5.74, 6) is 0.0319. The van der Waals surface area contributed by atoms with E-state index in [0.717, 1.165) is 29.3 Å². The number of carbonyl (C=O) groups excluding carboxylic acids is 1. The Kier molecular flexibility index (Phi) is 4.60. The van der Waals surface area contributed by atoms with Crippen LogP contribution in [0.15, 0.2) is 48.8 Å². The Balaban J connectivity index is 1.19. The Bertz CT molecular complexity index is 1010. The van der Waals surface area contributed by atoms with Crippen molar-refractivity contribution in [3.63, 3.8) is 0 Å². The van der Waals surface area contributed by atoms with Gasteiger partial charge in [-0.05, 0) is 42.7 Å². The van der Waals surface area contributed by atoms with Gasteiger partial charge in [0.15, 0.2) is 0 Å². The number of aromatic amines is 1. The first kappa shape index (κ1) is 18.3. The minimum absolute atomic E-state index is 0.0319. The number of amides is 1. The molecule has 6 nitrogen and oxygen atoms in total. The second-order valence-electron chi connectivity index (χ2n) is 8.19. The SMILES string of the molecule is Cc1ccncc1CO[C@@H]1CCOC2(C1)CN(C(=O)c1cc3ccccc3[nH]1)C2. The van der Waals surface area contributed by atoms with E-state index in [2.05, 4.69) is 16.9 Å². The molecule has 0 unspecified atom stereocenters. The van der Waals surface area contributed by atoms with Gasteiger partial charge in [-0.1, -0.05) is 18.2 Å². The van der Waals surface area contributed by atoms with Crippen LogP contribution < -0.4 is 0 Å². The lowest BCUT2D eigenvalue weighted by atomic mass is 9.84. The van der Waals surface area contributed by atoms with Gasteiger partial charge in [0.2, 0.25) is 0 Å². The fraction of sp³-hybridized carbons (Fsp3) is 0.391. The lowest BCUT2D eigenvalue weighted by Gasteiger charge is -2.52. The third-order valence-corrected chi connectivity index (χ3v) is 6.08. The number of ether oxygens (including phenoxy) is 2. The highest BCUT2D eigenvalue weighted by molar-refractivity contribution is 5.98. The average Bonchev–Trinajstić information content (AvgIpc) is 3.15. The minimum Gasteiger partial charge on any atom is -0.373 e. The number of pyridine rings is 1. The third kappa shape index (κ3) is 3.54. The molecule has 1 aromatic carbocycles.